The predicted octanol–water partition coefficient (Wildman–Crippen LogP) is 1.87. The van der Waals surface area contributed by atoms with Crippen LogP contribution in [-0.2, 0) is 21.2 Å². The summed E-state index contributed by atoms with van der Waals surface area (Å²) >= 11 is 0. The molecule has 0 heterocycles. The Labute approximate surface area is 159 Å². The minimum Gasteiger partial charge on any atom is -0.343 e. The van der Waals surface area contributed by atoms with Gasteiger partial charge in [0.05, 0.1) is 11.4 Å². The third-order valence-corrected chi connectivity index (χ3v) is 5.78. The topological polar surface area (TPSA) is 95.6 Å². The largest absolute Gasteiger partial charge is 0.343 e. The molecule has 0 aliphatic carbocycles. The second-order valence-corrected chi connectivity index (χ2v) is 8.24. The van der Waals surface area contributed by atoms with Crippen LogP contribution in [0, 0.1) is 0 Å². The van der Waals surface area contributed by atoms with Gasteiger partial charge < -0.3 is 10.6 Å². The van der Waals surface area contributed by atoms with Gasteiger partial charge in [0.2, 0.25) is 15.9 Å². The molecule has 7 nitrogen and oxygen atoms in total. The number of nitrogens with zero attached hydrogens (tertiary/aromatic N) is 1. The van der Waals surface area contributed by atoms with Crippen LogP contribution in [0.4, 0.5) is 5.69 Å². The maximum atomic E-state index is 12.1. The highest BCUT2D eigenvalue weighted by atomic mass is 32.2. The van der Waals surface area contributed by atoms with Gasteiger partial charge in [-0.05, 0) is 48.4 Å². The average molecular weight is 389 g/mol. The van der Waals surface area contributed by atoms with E-state index in [9.17, 15) is 18.0 Å². The van der Waals surface area contributed by atoms with Crippen molar-refractivity contribution in [2.75, 3.05) is 26.0 Å². The minimum absolute atomic E-state index is 0.0947. The first-order valence-electron chi connectivity index (χ1n) is 8.43. The summed E-state index contributed by atoms with van der Waals surface area (Å²) in [4.78, 5) is 24.2. The van der Waals surface area contributed by atoms with Gasteiger partial charge in [-0.15, -0.1) is 0 Å². The van der Waals surface area contributed by atoms with Gasteiger partial charge >= 0.3 is 0 Å². The van der Waals surface area contributed by atoms with Crippen molar-refractivity contribution in [3.63, 3.8) is 0 Å². The molecule has 0 aliphatic heterocycles. The molecule has 8 heteroatoms. The Morgan fingerprint density at radius 1 is 0.963 bits per heavy atom. The highest BCUT2D eigenvalue weighted by Crippen LogP contribution is 2.14. The number of amides is 2. The summed E-state index contributed by atoms with van der Waals surface area (Å²) in [6, 6.07) is 13.0. The SMILES string of the molecule is CCc1ccc(NC(=O)CNC(=O)c2ccc(S(=O)(=O)N(C)C)cc2)cc1. The molecule has 0 spiro atoms. The first-order valence-corrected chi connectivity index (χ1v) is 9.87. The maximum Gasteiger partial charge on any atom is 0.251 e. The van der Waals surface area contributed by atoms with Gasteiger partial charge in [0.15, 0.2) is 0 Å². The molecule has 0 radical (unpaired) electrons. The molecule has 0 aromatic heterocycles. The molecule has 144 valence electrons. The van der Waals surface area contributed by atoms with E-state index in [4.69, 9.17) is 0 Å². The molecular weight excluding hydrogens is 366 g/mol. The first kappa shape index (κ1) is 20.6. The molecule has 27 heavy (non-hydrogen) atoms. The summed E-state index contributed by atoms with van der Waals surface area (Å²) in [6.45, 7) is 1.86. The smallest absolute Gasteiger partial charge is 0.251 e. The lowest BCUT2D eigenvalue weighted by Gasteiger charge is -2.11. The van der Waals surface area contributed by atoms with Gasteiger partial charge in [-0.1, -0.05) is 19.1 Å². The van der Waals surface area contributed by atoms with Crippen LogP contribution in [0.15, 0.2) is 53.4 Å². The summed E-state index contributed by atoms with van der Waals surface area (Å²) < 4.78 is 25.1. The lowest BCUT2D eigenvalue weighted by Crippen LogP contribution is -2.32. The molecule has 2 aromatic rings. The third-order valence-electron chi connectivity index (χ3n) is 3.95. The van der Waals surface area contributed by atoms with Crippen LogP contribution in [-0.4, -0.2) is 45.2 Å². The molecule has 2 amide bonds. The lowest BCUT2D eigenvalue weighted by molar-refractivity contribution is -0.115. The van der Waals surface area contributed by atoms with Crippen molar-refractivity contribution >= 4 is 27.5 Å². The van der Waals surface area contributed by atoms with Gasteiger partial charge in [-0.2, -0.15) is 0 Å². The van der Waals surface area contributed by atoms with Crippen LogP contribution >= 0.6 is 0 Å². The Morgan fingerprint density at radius 3 is 2.07 bits per heavy atom. The Hall–Kier alpha value is -2.71. The van der Waals surface area contributed by atoms with Crippen LogP contribution in [0.5, 0.6) is 0 Å². The van der Waals surface area contributed by atoms with E-state index in [0.717, 1.165) is 10.7 Å². The second-order valence-electron chi connectivity index (χ2n) is 6.09. The van der Waals surface area contributed by atoms with E-state index in [1.807, 2.05) is 31.2 Å². The fraction of sp³-hybridized carbons (Fsp3) is 0.263. The highest BCUT2D eigenvalue weighted by Gasteiger charge is 2.17. The third kappa shape index (κ3) is 5.38. The molecule has 0 bridgehead atoms. The number of hydrogen-bond acceptors (Lipinski definition) is 4. The minimum atomic E-state index is -3.55. The Kier molecular flexibility index (Phi) is 6.70. The van der Waals surface area contributed by atoms with Crippen LogP contribution in [0.3, 0.4) is 0 Å². The van der Waals surface area contributed by atoms with Crippen molar-refractivity contribution in [3.8, 4) is 0 Å². The molecule has 0 atom stereocenters. The van der Waals surface area contributed by atoms with E-state index < -0.39 is 15.9 Å². The fourth-order valence-electron chi connectivity index (χ4n) is 2.28. The number of sulfonamides is 1. The van der Waals surface area contributed by atoms with E-state index in [0.29, 0.717) is 5.69 Å². The van der Waals surface area contributed by atoms with Gasteiger partial charge in [0.25, 0.3) is 5.91 Å². The molecule has 2 rings (SSSR count). The summed E-state index contributed by atoms with van der Waals surface area (Å²) in [6.07, 6.45) is 0.916. The number of carbonyl (C=O) groups is 2. The van der Waals surface area contributed by atoms with Crippen molar-refractivity contribution in [1.29, 1.82) is 0 Å². The predicted molar refractivity (Wildman–Crippen MR) is 104 cm³/mol. The number of benzene rings is 2. The van der Waals surface area contributed by atoms with E-state index in [2.05, 4.69) is 10.6 Å². The molecule has 0 aliphatic rings. The van der Waals surface area contributed by atoms with Crippen molar-refractivity contribution in [3.05, 3.63) is 59.7 Å². The molecule has 0 unspecified atom stereocenters. The highest BCUT2D eigenvalue weighted by molar-refractivity contribution is 7.89. The number of aryl methyl sites for hydroxylation is 1. The average Bonchev–Trinajstić information content (AvgIpc) is 2.66. The van der Waals surface area contributed by atoms with Crippen molar-refractivity contribution in [2.45, 2.75) is 18.2 Å². The van der Waals surface area contributed by atoms with Crippen LogP contribution in [0.1, 0.15) is 22.8 Å². The van der Waals surface area contributed by atoms with Gasteiger partial charge in [-0.25, -0.2) is 12.7 Å². The molecule has 2 N–H and O–H groups in total. The van der Waals surface area contributed by atoms with E-state index in [-0.39, 0.29) is 22.9 Å². The van der Waals surface area contributed by atoms with Gasteiger partial charge in [0.1, 0.15) is 0 Å². The molecule has 2 aromatic carbocycles. The Balaban J connectivity index is 1.92. The standard InChI is InChI=1S/C19H23N3O4S/c1-4-14-5-9-16(10-6-14)21-18(23)13-20-19(24)15-7-11-17(12-8-15)27(25,26)22(2)3/h5-12H,4,13H2,1-3H3,(H,20,24)(H,21,23). The normalized spacial score (nSPS) is 11.3. The van der Waals surface area contributed by atoms with Gasteiger partial charge in [0, 0.05) is 25.3 Å². The van der Waals surface area contributed by atoms with Crippen molar-refractivity contribution in [2.24, 2.45) is 0 Å². The van der Waals surface area contributed by atoms with E-state index in [1.54, 1.807) is 0 Å². The zero-order valence-corrected chi connectivity index (χ0v) is 16.3. The number of rotatable bonds is 7. The summed E-state index contributed by atoms with van der Waals surface area (Å²) in [5.41, 5.74) is 2.10. The van der Waals surface area contributed by atoms with Crippen molar-refractivity contribution in [1.82, 2.24) is 9.62 Å². The molecule has 0 saturated carbocycles. The van der Waals surface area contributed by atoms with Crippen LogP contribution in [0.2, 0.25) is 0 Å². The maximum absolute atomic E-state index is 12.1. The summed E-state index contributed by atoms with van der Waals surface area (Å²) in [5.74, 6) is -0.806. The lowest BCUT2D eigenvalue weighted by atomic mass is 10.1. The first-order chi connectivity index (χ1) is 12.7. The quantitative estimate of drug-likeness (QED) is 0.756. The second kappa shape index (κ2) is 8.79. The molecule has 0 saturated heterocycles. The van der Waals surface area contributed by atoms with Gasteiger partial charge in [-0.3, -0.25) is 9.59 Å². The van der Waals surface area contributed by atoms with Crippen LogP contribution in [0.25, 0.3) is 0 Å². The van der Waals surface area contributed by atoms with E-state index in [1.165, 1.54) is 43.9 Å². The zero-order chi connectivity index (χ0) is 20.0. The monoisotopic (exact) mass is 389 g/mol. The number of anilines is 1. The zero-order valence-electron chi connectivity index (χ0n) is 15.5. The van der Waals surface area contributed by atoms with E-state index >= 15 is 0 Å². The summed E-state index contributed by atoms with van der Waals surface area (Å²) in [5, 5.41) is 5.21. The number of nitrogens with one attached hydrogen (secondary N) is 2. The Bertz CT molecular complexity index is 905. The number of carbonyl (C=O) groups excluding carboxylic acids is 2. The van der Waals surface area contributed by atoms with Crippen LogP contribution < -0.4 is 10.6 Å². The van der Waals surface area contributed by atoms with Crippen molar-refractivity contribution < 1.29 is 18.0 Å². The molecule has 0 fully saturated rings. The summed E-state index contributed by atoms with van der Waals surface area (Å²) in [7, 11) is -0.678. The fourth-order valence-corrected chi connectivity index (χ4v) is 3.18. The number of hydrogen-bond donors (Lipinski definition) is 2. The molecular formula is C19H23N3O4S. The Morgan fingerprint density at radius 2 is 1.56 bits per heavy atom.